The second-order valence-electron chi connectivity index (χ2n) is 4.89. The van der Waals surface area contributed by atoms with E-state index < -0.39 is 29.8 Å². The molecule has 1 heterocycles. The van der Waals surface area contributed by atoms with E-state index in [0.717, 1.165) is 0 Å². The lowest BCUT2D eigenvalue weighted by molar-refractivity contribution is 0.112. The Morgan fingerprint density at radius 2 is 1.91 bits per heavy atom. The molecule has 0 saturated heterocycles. The Morgan fingerprint density at radius 3 is 2.59 bits per heavy atom. The van der Waals surface area contributed by atoms with Gasteiger partial charge in [0.1, 0.15) is 11.7 Å². The number of rotatable bonds is 3. The maximum Gasteiger partial charge on any atom is 0.157 e. The van der Waals surface area contributed by atoms with Gasteiger partial charge in [0.2, 0.25) is 0 Å². The third-order valence-corrected chi connectivity index (χ3v) is 3.53. The van der Waals surface area contributed by atoms with Gasteiger partial charge in [0.25, 0.3) is 0 Å². The van der Waals surface area contributed by atoms with Crippen molar-refractivity contribution in [3.8, 4) is 5.69 Å². The summed E-state index contributed by atoms with van der Waals surface area (Å²) in [5.74, 6) is -4.17. The molecule has 1 aliphatic carbocycles. The molecular weight excluding hydrogens is 293 g/mol. The first kappa shape index (κ1) is 14.3. The Morgan fingerprint density at radius 1 is 1.18 bits per heavy atom. The monoisotopic (exact) mass is 304 g/mol. The van der Waals surface area contributed by atoms with Crippen molar-refractivity contribution in [1.29, 1.82) is 0 Å². The van der Waals surface area contributed by atoms with E-state index in [9.17, 15) is 18.0 Å². The number of halogens is 3. The van der Waals surface area contributed by atoms with E-state index in [4.69, 9.17) is 0 Å². The van der Waals surface area contributed by atoms with Crippen LogP contribution in [-0.2, 0) is 0 Å². The first-order valence-corrected chi connectivity index (χ1v) is 6.61. The van der Waals surface area contributed by atoms with Crippen LogP contribution in [0.4, 0.5) is 13.2 Å². The smallest absolute Gasteiger partial charge is 0.157 e. The summed E-state index contributed by atoms with van der Waals surface area (Å²) in [5, 5.41) is 4.07. The van der Waals surface area contributed by atoms with Crippen molar-refractivity contribution >= 4 is 6.29 Å². The van der Waals surface area contributed by atoms with Crippen LogP contribution >= 0.6 is 0 Å². The van der Waals surface area contributed by atoms with Crippen molar-refractivity contribution in [2.24, 2.45) is 0 Å². The molecule has 3 rings (SSSR count). The summed E-state index contributed by atoms with van der Waals surface area (Å²) >= 11 is 0. The molecule has 1 aromatic heterocycles. The van der Waals surface area contributed by atoms with E-state index in [1.807, 2.05) is 0 Å². The Bertz CT molecular complexity index is 778. The second kappa shape index (κ2) is 5.63. The molecule has 112 valence electrons. The van der Waals surface area contributed by atoms with Gasteiger partial charge in [-0.2, -0.15) is 5.10 Å². The molecule has 3 nitrogen and oxygen atoms in total. The molecule has 0 bridgehead atoms. The summed E-state index contributed by atoms with van der Waals surface area (Å²) in [5.41, 5.74) is 0.957. The number of carbonyl (C=O) groups is 1. The molecule has 1 atom stereocenters. The van der Waals surface area contributed by atoms with Crippen molar-refractivity contribution in [2.45, 2.75) is 12.3 Å². The number of allylic oxidation sites excluding steroid dienone is 4. The Balaban J connectivity index is 2.13. The molecule has 0 aliphatic heterocycles. The largest absolute Gasteiger partial charge is 0.298 e. The zero-order valence-corrected chi connectivity index (χ0v) is 11.3. The predicted octanol–water partition coefficient (Wildman–Crippen LogP) is 4.18. The molecule has 1 unspecified atom stereocenters. The highest BCUT2D eigenvalue weighted by atomic mass is 19.2. The number of nitrogens with zero attached hydrogens (tertiary/aromatic N) is 2. The van der Waals surface area contributed by atoms with Gasteiger partial charge in [0.15, 0.2) is 12.1 Å². The minimum Gasteiger partial charge on any atom is -0.298 e. The summed E-state index contributed by atoms with van der Waals surface area (Å²) < 4.78 is 42.2. The lowest BCUT2D eigenvalue weighted by Crippen LogP contribution is -2.13. The quantitative estimate of drug-likeness (QED) is 0.797. The topological polar surface area (TPSA) is 34.9 Å². The fourth-order valence-corrected chi connectivity index (χ4v) is 2.49. The number of benzene rings is 1. The average Bonchev–Trinajstić information content (AvgIpc) is 2.95. The fourth-order valence-electron chi connectivity index (χ4n) is 2.49. The van der Waals surface area contributed by atoms with Crippen molar-refractivity contribution in [2.75, 3.05) is 0 Å². The minimum absolute atomic E-state index is 0.146. The van der Waals surface area contributed by atoms with E-state index in [0.29, 0.717) is 18.0 Å². The van der Waals surface area contributed by atoms with E-state index in [-0.39, 0.29) is 11.3 Å². The number of carbonyl (C=O) groups excluding carboxylic acids is 1. The molecule has 0 saturated carbocycles. The van der Waals surface area contributed by atoms with E-state index in [2.05, 4.69) is 5.10 Å². The molecule has 0 fully saturated rings. The van der Waals surface area contributed by atoms with Crippen LogP contribution in [0, 0.1) is 0 Å². The molecule has 0 N–H and O–H groups in total. The maximum atomic E-state index is 14.1. The van der Waals surface area contributed by atoms with Gasteiger partial charge in [0, 0.05) is 12.5 Å². The lowest BCUT2D eigenvalue weighted by Gasteiger charge is -2.20. The van der Waals surface area contributed by atoms with Crippen molar-refractivity contribution < 1.29 is 18.0 Å². The molecule has 1 aliphatic rings. The van der Waals surface area contributed by atoms with Gasteiger partial charge in [0.05, 0.1) is 29.1 Å². The van der Waals surface area contributed by atoms with Gasteiger partial charge in [-0.25, -0.2) is 17.9 Å². The highest BCUT2D eigenvalue weighted by Crippen LogP contribution is 2.40. The van der Waals surface area contributed by atoms with Gasteiger partial charge >= 0.3 is 0 Å². The fraction of sp³-hybridized carbons (Fsp3) is 0.125. The number of para-hydroxylation sites is 1. The van der Waals surface area contributed by atoms with Crippen molar-refractivity contribution in [1.82, 2.24) is 9.78 Å². The molecule has 6 heteroatoms. The van der Waals surface area contributed by atoms with Crippen LogP contribution in [-0.4, -0.2) is 16.1 Å². The van der Waals surface area contributed by atoms with Gasteiger partial charge in [-0.1, -0.05) is 18.2 Å². The third-order valence-electron chi connectivity index (χ3n) is 3.53. The summed E-state index contributed by atoms with van der Waals surface area (Å²) in [6, 6.07) is 8.76. The van der Waals surface area contributed by atoms with Crippen LogP contribution in [0.25, 0.3) is 5.69 Å². The number of aldehydes is 1. The van der Waals surface area contributed by atoms with Gasteiger partial charge in [-0.05, 0) is 12.1 Å². The SMILES string of the molecule is O=Cc1cnn(-c2ccccc2)c1C1CC(F)=C(F)C=C1F. The summed E-state index contributed by atoms with van der Waals surface area (Å²) in [6.07, 6.45) is 1.85. The molecule has 1 aromatic carbocycles. The van der Waals surface area contributed by atoms with Crippen molar-refractivity contribution in [3.05, 3.63) is 71.3 Å². The minimum atomic E-state index is -1.22. The number of hydrogen-bond donors (Lipinski definition) is 0. The second-order valence-corrected chi connectivity index (χ2v) is 4.89. The molecule has 0 radical (unpaired) electrons. The summed E-state index contributed by atoms with van der Waals surface area (Å²) in [7, 11) is 0. The van der Waals surface area contributed by atoms with Gasteiger partial charge in [-0.3, -0.25) is 4.79 Å². The number of hydrogen-bond acceptors (Lipinski definition) is 2. The molecule has 22 heavy (non-hydrogen) atoms. The highest BCUT2D eigenvalue weighted by molar-refractivity contribution is 5.77. The Hall–Kier alpha value is -2.63. The van der Waals surface area contributed by atoms with E-state index in [1.165, 1.54) is 10.9 Å². The summed E-state index contributed by atoms with van der Waals surface area (Å²) in [4.78, 5) is 11.2. The molecule has 0 amide bonds. The standard InChI is InChI=1S/C16H11F3N2O/c17-13-7-15(19)14(18)6-12(13)16-10(9-22)8-20-21(16)11-4-2-1-3-5-11/h1-5,7-9,12H,6H2. The molecular formula is C16H11F3N2O. The van der Waals surface area contributed by atoms with Crippen LogP contribution in [0.1, 0.15) is 28.4 Å². The first-order chi connectivity index (χ1) is 10.6. The first-order valence-electron chi connectivity index (χ1n) is 6.61. The number of aromatic nitrogens is 2. The highest BCUT2D eigenvalue weighted by Gasteiger charge is 2.31. The third kappa shape index (κ3) is 2.36. The Labute approximate surface area is 124 Å². The lowest BCUT2D eigenvalue weighted by atomic mass is 9.92. The van der Waals surface area contributed by atoms with Crippen molar-refractivity contribution in [3.63, 3.8) is 0 Å². The van der Waals surface area contributed by atoms with Crippen LogP contribution in [0.5, 0.6) is 0 Å². The summed E-state index contributed by atoms with van der Waals surface area (Å²) in [6.45, 7) is 0. The normalized spacial score (nSPS) is 18.3. The zero-order chi connectivity index (χ0) is 15.7. The molecule has 2 aromatic rings. The molecule has 0 spiro atoms. The zero-order valence-electron chi connectivity index (χ0n) is 11.3. The predicted molar refractivity (Wildman–Crippen MR) is 74.7 cm³/mol. The van der Waals surface area contributed by atoms with E-state index in [1.54, 1.807) is 30.3 Å². The van der Waals surface area contributed by atoms with Crippen LogP contribution in [0.3, 0.4) is 0 Å². The van der Waals surface area contributed by atoms with Gasteiger partial charge in [-0.15, -0.1) is 0 Å². The van der Waals surface area contributed by atoms with Crippen LogP contribution in [0.15, 0.2) is 60.1 Å². The van der Waals surface area contributed by atoms with Crippen LogP contribution < -0.4 is 0 Å². The van der Waals surface area contributed by atoms with E-state index >= 15 is 0 Å². The maximum absolute atomic E-state index is 14.1. The average molecular weight is 304 g/mol. The van der Waals surface area contributed by atoms with Gasteiger partial charge < -0.3 is 0 Å². The van der Waals surface area contributed by atoms with Crippen LogP contribution in [0.2, 0.25) is 0 Å². The Kier molecular flexibility index (Phi) is 3.66.